The van der Waals surface area contributed by atoms with Gasteiger partial charge in [-0.05, 0) is 31.0 Å². The number of carbonyl (C=O) groups is 2. The molecule has 1 fully saturated rings. The molecule has 0 bridgehead atoms. The highest BCUT2D eigenvalue weighted by Crippen LogP contribution is 2.29. The number of amides is 2. The van der Waals surface area contributed by atoms with Gasteiger partial charge in [-0.15, -0.1) is 0 Å². The highest BCUT2D eigenvalue weighted by atomic mass is 35.5. The Bertz CT molecular complexity index is 598. The SMILES string of the molecule is CCCCC(=O)Nc1ccc(N2CCN(C(=O)CCC)CC2)c(Cl)c1. The van der Waals surface area contributed by atoms with Crippen LogP contribution in [0.4, 0.5) is 11.4 Å². The van der Waals surface area contributed by atoms with E-state index in [0.29, 0.717) is 17.9 Å². The maximum atomic E-state index is 12.0. The number of nitrogens with zero attached hydrogens (tertiary/aromatic N) is 2. The van der Waals surface area contributed by atoms with Crippen molar-refractivity contribution in [1.82, 2.24) is 4.90 Å². The van der Waals surface area contributed by atoms with E-state index in [0.717, 1.165) is 56.8 Å². The smallest absolute Gasteiger partial charge is 0.224 e. The summed E-state index contributed by atoms with van der Waals surface area (Å²) in [6.45, 7) is 7.09. The first-order valence-electron chi connectivity index (χ1n) is 9.17. The molecule has 5 nitrogen and oxygen atoms in total. The first kappa shape index (κ1) is 19.6. The van der Waals surface area contributed by atoms with Crippen molar-refractivity contribution in [3.05, 3.63) is 23.2 Å². The number of hydrogen-bond acceptors (Lipinski definition) is 3. The van der Waals surface area contributed by atoms with Crippen molar-refractivity contribution in [2.75, 3.05) is 36.4 Å². The van der Waals surface area contributed by atoms with Gasteiger partial charge in [0.1, 0.15) is 0 Å². The summed E-state index contributed by atoms with van der Waals surface area (Å²) in [5.74, 6) is 0.257. The minimum atomic E-state index is 0.0220. The van der Waals surface area contributed by atoms with Crippen molar-refractivity contribution in [1.29, 1.82) is 0 Å². The molecule has 1 aromatic carbocycles. The lowest BCUT2D eigenvalue weighted by molar-refractivity contribution is -0.131. The van der Waals surface area contributed by atoms with Gasteiger partial charge in [-0.25, -0.2) is 0 Å². The summed E-state index contributed by atoms with van der Waals surface area (Å²) in [6.07, 6.45) is 3.92. The van der Waals surface area contributed by atoms with Gasteiger partial charge in [-0.2, -0.15) is 0 Å². The van der Waals surface area contributed by atoms with Gasteiger partial charge in [0.25, 0.3) is 0 Å². The number of rotatable bonds is 7. The van der Waals surface area contributed by atoms with E-state index in [2.05, 4.69) is 17.1 Å². The van der Waals surface area contributed by atoms with Gasteiger partial charge in [0.2, 0.25) is 11.8 Å². The van der Waals surface area contributed by atoms with Crippen molar-refractivity contribution in [3.63, 3.8) is 0 Å². The Morgan fingerprint density at radius 1 is 1.08 bits per heavy atom. The Balaban J connectivity index is 1.93. The largest absolute Gasteiger partial charge is 0.367 e. The first-order valence-corrected chi connectivity index (χ1v) is 9.55. The Labute approximate surface area is 155 Å². The summed E-state index contributed by atoms with van der Waals surface area (Å²) in [6, 6.07) is 5.64. The van der Waals surface area contributed by atoms with Crippen LogP contribution in [-0.2, 0) is 9.59 Å². The lowest BCUT2D eigenvalue weighted by atomic mass is 10.2. The van der Waals surface area contributed by atoms with Gasteiger partial charge in [-0.3, -0.25) is 9.59 Å². The minimum Gasteiger partial charge on any atom is -0.367 e. The molecule has 1 saturated heterocycles. The van der Waals surface area contributed by atoms with E-state index in [1.807, 2.05) is 24.0 Å². The third-order valence-corrected chi connectivity index (χ3v) is 4.73. The molecule has 0 unspecified atom stereocenters. The zero-order chi connectivity index (χ0) is 18.2. The summed E-state index contributed by atoms with van der Waals surface area (Å²) in [5.41, 5.74) is 1.68. The molecular weight excluding hydrogens is 338 g/mol. The molecule has 0 aromatic heterocycles. The zero-order valence-corrected chi connectivity index (χ0v) is 15.9. The van der Waals surface area contributed by atoms with Gasteiger partial charge >= 0.3 is 0 Å². The summed E-state index contributed by atoms with van der Waals surface area (Å²) < 4.78 is 0. The number of anilines is 2. The van der Waals surface area contributed by atoms with Crippen molar-refractivity contribution in [2.24, 2.45) is 0 Å². The van der Waals surface area contributed by atoms with Crippen LogP contribution >= 0.6 is 11.6 Å². The lowest BCUT2D eigenvalue weighted by Crippen LogP contribution is -2.48. The normalized spacial score (nSPS) is 14.5. The Kier molecular flexibility index (Phi) is 7.56. The van der Waals surface area contributed by atoms with Crippen molar-refractivity contribution < 1.29 is 9.59 Å². The molecule has 1 aliphatic heterocycles. The molecule has 0 aliphatic carbocycles. The van der Waals surface area contributed by atoms with E-state index < -0.39 is 0 Å². The molecule has 6 heteroatoms. The van der Waals surface area contributed by atoms with E-state index >= 15 is 0 Å². The lowest BCUT2D eigenvalue weighted by Gasteiger charge is -2.36. The van der Waals surface area contributed by atoms with Crippen LogP contribution in [-0.4, -0.2) is 42.9 Å². The number of hydrogen-bond donors (Lipinski definition) is 1. The molecule has 0 atom stereocenters. The van der Waals surface area contributed by atoms with Gasteiger partial charge in [0, 0.05) is 44.7 Å². The summed E-state index contributed by atoms with van der Waals surface area (Å²) in [7, 11) is 0. The number of unbranched alkanes of at least 4 members (excludes halogenated alkanes) is 1. The number of benzene rings is 1. The predicted molar refractivity (Wildman–Crippen MR) is 103 cm³/mol. The third-order valence-electron chi connectivity index (χ3n) is 4.43. The second-order valence-electron chi connectivity index (χ2n) is 6.44. The molecule has 1 aromatic rings. The highest BCUT2D eigenvalue weighted by Gasteiger charge is 2.22. The number of halogens is 1. The Hall–Kier alpha value is -1.75. The van der Waals surface area contributed by atoms with E-state index in [1.54, 1.807) is 6.07 Å². The van der Waals surface area contributed by atoms with E-state index in [1.165, 1.54) is 0 Å². The van der Waals surface area contributed by atoms with Crippen molar-refractivity contribution in [3.8, 4) is 0 Å². The van der Waals surface area contributed by atoms with E-state index in [4.69, 9.17) is 11.6 Å². The van der Waals surface area contributed by atoms with Gasteiger partial charge in [0.05, 0.1) is 10.7 Å². The molecular formula is C19H28ClN3O2. The third kappa shape index (κ3) is 5.63. The molecule has 1 heterocycles. The fraction of sp³-hybridized carbons (Fsp3) is 0.579. The predicted octanol–water partition coefficient (Wildman–Crippen LogP) is 3.92. The molecule has 138 valence electrons. The van der Waals surface area contributed by atoms with Crippen LogP contribution in [0.1, 0.15) is 46.0 Å². The van der Waals surface area contributed by atoms with Crippen LogP contribution in [0.25, 0.3) is 0 Å². The van der Waals surface area contributed by atoms with Crippen LogP contribution in [0, 0.1) is 0 Å². The molecule has 2 rings (SSSR count). The second-order valence-corrected chi connectivity index (χ2v) is 6.84. The summed E-state index contributed by atoms with van der Waals surface area (Å²) in [4.78, 5) is 27.9. The Morgan fingerprint density at radius 3 is 2.40 bits per heavy atom. The quantitative estimate of drug-likeness (QED) is 0.796. The molecule has 1 aliphatic rings. The van der Waals surface area contributed by atoms with Crippen molar-refractivity contribution >= 4 is 34.8 Å². The molecule has 2 amide bonds. The fourth-order valence-electron chi connectivity index (χ4n) is 2.97. The second kappa shape index (κ2) is 9.66. The van der Waals surface area contributed by atoms with Gasteiger partial charge in [-0.1, -0.05) is 31.9 Å². The van der Waals surface area contributed by atoms with Gasteiger partial charge in [0.15, 0.2) is 0 Å². The number of piperazine rings is 1. The Morgan fingerprint density at radius 2 is 1.80 bits per heavy atom. The molecule has 1 N–H and O–H groups in total. The molecule has 0 spiro atoms. The summed E-state index contributed by atoms with van der Waals surface area (Å²) >= 11 is 6.43. The highest BCUT2D eigenvalue weighted by molar-refractivity contribution is 6.33. The van der Waals surface area contributed by atoms with Crippen LogP contribution in [0.3, 0.4) is 0 Å². The average molecular weight is 366 g/mol. The van der Waals surface area contributed by atoms with Crippen LogP contribution in [0.15, 0.2) is 18.2 Å². The number of nitrogens with one attached hydrogen (secondary N) is 1. The maximum absolute atomic E-state index is 12.0. The topological polar surface area (TPSA) is 52.7 Å². The van der Waals surface area contributed by atoms with E-state index in [9.17, 15) is 9.59 Å². The standard InChI is InChI=1S/C19H28ClN3O2/c1-3-5-7-18(24)21-15-8-9-17(16(20)14-15)22-10-12-23(13-11-22)19(25)6-4-2/h8-9,14H,3-7,10-13H2,1-2H3,(H,21,24). The minimum absolute atomic E-state index is 0.0220. The van der Waals surface area contributed by atoms with Crippen LogP contribution in [0.2, 0.25) is 5.02 Å². The van der Waals surface area contributed by atoms with Crippen LogP contribution < -0.4 is 10.2 Å². The first-order chi connectivity index (χ1) is 12.0. The molecule has 25 heavy (non-hydrogen) atoms. The summed E-state index contributed by atoms with van der Waals surface area (Å²) in [5, 5.41) is 3.52. The fourth-order valence-corrected chi connectivity index (χ4v) is 3.27. The monoisotopic (exact) mass is 365 g/mol. The van der Waals surface area contributed by atoms with Crippen LogP contribution in [0.5, 0.6) is 0 Å². The number of carbonyl (C=O) groups excluding carboxylic acids is 2. The van der Waals surface area contributed by atoms with Crippen molar-refractivity contribution in [2.45, 2.75) is 46.0 Å². The molecule has 0 radical (unpaired) electrons. The zero-order valence-electron chi connectivity index (χ0n) is 15.2. The van der Waals surface area contributed by atoms with Gasteiger partial charge < -0.3 is 15.1 Å². The average Bonchev–Trinajstić information content (AvgIpc) is 2.60. The molecule has 0 saturated carbocycles. The van der Waals surface area contributed by atoms with E-state index in [-0.39, 0.29) is 11.8 Å². The maximum Gasteiger partial charge on any atom is 0.224 e.